The van der Waals surface area contributed by atoms with Crippen LogP contribution < -0.4 is 25.0 Å². The van der Waals surface area contributed by atoms with Gasteiger partial charge >= 0.3 is 6.03 Å². The number of aromatic nitrogens is 2. The van der Waals surface area contributed by atoms with Crippen molar-refractivity contribution in [3.63, 3.8) is 0 Å². The number of hydrogen-bond acceptors (Lipinski definition) is 10. The summed E-state index contributed by atoms with van der Waals surface area (Å²) < 4.78 is 22.7. The molecule has 0 saturated carbocycles. The van der Waals surface area contributed by atoms with E-state index < -0.39 is 6.03 Å². The Balaban J connectivity index is 1.43. The smallest absolute Gasteiger partial charge is 0.324 e. The first-order valence-corrected chi connectivity index (χ1v) is 14.4. The summed E-state index contributed by atoms with van der Waals surface area (Å²) in [5.74, 6) is 1.72. The molecule has 0 aliphatic carbocycles. The minimum absolute atomic E-state index is 0.0759. The van der Waals surface area contributed by atoms with E-state index in [0.29, 0.717) is 103 Å². The second kappa shape index (κ2) is 14.0. The molecule has 2 N–H and O–H groups in total. The molecule has 2 fully saturated rings. The molecule has 0 spiro atoms. The summed E-state index contributed by atoms with van der Waals surface area (Å²) in [6, 6.07) is 7.77. The second-order valence-corrected chi connectivity index (χ2v) is 10.3. The lowest BCUT2D eigenvalue weighted by Crippen LogP contribution is -2.38. The van der Waals surface area contributed by atoms with Crippen LogP contribution in [0, 0.1) is 0 Å². The Bertz CT molecular complexity index is 1430. The standard InChI is InChI=1S/C29H35ClN6O6/c1-3-24(37)19-14-20(30)16-21(15-19)31-29(38)34-27-22-17-26(42-13-6-35-4-9-40-10-5-35)25(39-2)18-23(22)32-28(33-27)36-7-11-41-12-8-36/h14-18H,3-13H2,1-2H3,(H2,31,32,33,34,38). The number of Topliss-reactive ketones (excluding diaryl/α,β-unsaturated/α-hetero) is 1. The molecule has 2 aliphatic heterocycles. The first kappa shape index (κ1) is 29.8. The Hall–Kier alpha value is -3.71. The molecule has 5 rings (SSSR count). The van der Waals surface area contributed by atoms with E-state index >= 15 is 0 Å². The predicted octanol–water partition coefficient (Wildman–Crippen LogP) is 4.08. The lowest BCUT2D eigenvalue weighted by Gasteiger charge is -2.27. The fourth-order valence-corrected chi connectivity index (χ4v) is 5.04. The molecule has 224 valence electrons. The summed E-state index contributed by atoms with van der Waals surface area (Å²) in [6.45, 7) is 8.45. The summed E-state index contributed by atoms with van der Waals surface area (Å²) in [7, 11) is 1.58. The zero-order chi connectivity index (χ0) is 29.5. The Morgan fingerprint density at radius 3 is 2.40 bits per heavy atom. The van der Waals surface area contributed by atoms with Gasteiger partial charge in [-0.1, -0.05) is 18.5 Å². The van der Waals surface area contributed by atoms with Gasteiger partial charge in [-0.15, -0.1) is 0 Å². The van der Waals surface area contributed by atoms with Crippen LogP contribution in [0.4, 0.5) is 22.2 Å². The van der Waals surface area contributed by atoms with Crippen LogP contribution >= 0.6 is 11.6 Å². The number of anilines is 3. The molecule has 2 saturated heterocycles. The first-order valence-electron chi connectivity index (χ1n) is 14.0. The molecule has 1 aromatic heterocycles. The molecule has 2 aromatic carbocycles. The van der Waals surface area contributed by atoms with Crippen molar-refractivity contribution in [1.82, 2.24) is 14.9 Å². The Morgan fingerprint density at radius 1 is 0.952 bits per heavy atom. The van der Waals surface area contributed by atoms with Gasteiger partial charge < -0.3 is 29.2 Å². The number of methoxy groups -OCH3 is 1. The van der Waals surface area contributed by atoms with Crippen molar-refractivity contribution < 1.29 is 28.5 Å². The number of carbonyl (C=O) groups excluding carboxylic acids is 2. The lowest BCUT2D eigenvalue weighted by molar-refractivity contribution is 0.0321. The zero-order valence-corrected chi connectivity index (χ0v) is 24.5. The quantitative estimate of drug-likeness (QED) is 0.330. The van der Waals surface area contributed by atoms with E-state index in [1.807, 2.05) is 4.90 Å². The second-order valence-electron chi connectivity index (χ2n) is 9.88. The molecular weight excluding hydrogens is 564 g/mol. The third-order valence-corrected chi connectivity index (χ3v) is 7.28. The van der Waals surface area contributed by atoms with Crippen molar-refractivity contribution in [3.05, 3.63) is 40.9 Å². The maximum absolute atomic E-state index is 13.2. The molecule has 0 bridgehead atoms. The minimum atomic E-state index is -0.550. The van der Waals surface area contributed by atoms with Crippen LogP contribution in [0.15, 0.2) is 30.3 Å². The monoisotopic (exact) mass is 598 g/mol. The van der Waals surface area contributed by atoms with Gasteiger partial charge in [0.05, 0.1) is 39.1 Å². The number of urea groups is 1. The van der Waals surface area contributed by atoms with Crippen LogP contribution in [0.2, 0.25) is 5.02 Å². The first-order chi connectivity index (χ1) is 20.4. The number of ketones is 1. The number of nitrogens with zero attached hydrogens (tertiary/aromatic N) is 4. The van der Waals surface area contributed by atoms with Crippen molar-refractivity contribution >= 4 is 51.8 Å². The molecule has 12 nitrogen and oxygen atoms in total. The third-order valence-electron chi connectivity index (χ3n) is 7.06. The van der Waals surface area contributed by atoms with Crippen molar-refractivity contribution in [2.24, 2.45) is 0 Å². The number of amides is 2. The topological polar surface area (TPSA) is 127 Å². The van der Waals surface area contributed by atoms with Crippen LogP contribution in [0.1, 0.15) is 23.7 Å². The third kappa shape index (κ3) is 7.37. The van der Waals surface area contributed by atoms with E-state index in [-0.39, 0.29) is 5.78 Å². The largest absolute Gasteiger partial charge is 0.493 e. The molecule has 42 heavy (non-hydrogen) atoms. The van der Waals surface area contributed by atoms with E-state index in [1.54, 1.807) is 44.4 Å². The summed E-state index contributed by atoms with van der Waals surface area (Å²) in [5, 5.41) is 6.56. The number of halogens is 1. The van der Waals surface area contributed by atoms with Crippen molar-refractivity contribution in [2.75, 3.05) is 88.4 Å². The minimum Gasteiger partial charge on any atom is -0.493 e. The fourth-order valence-electron chi connectivity index (χ4n) is 4.80. The van der Waals surface area contributed by atoms with E-state index in [4.69, 9.17) is 40.5 Å². The van der Waals surface area contributed by atoms with Gasteiger partial charge in [0, 0.05) is 66.9 Å². The number of carbonyl (C=O) groups is 2. The van der Waals surface area contributed by atoms with Crippen molar-refractivity contribution in [3.8, 4) is 11.5 Å². The lowest BCUT2D eigenvalue weighted by atomic mass is 10.1. The van der Waals surface area contributed by atoms with Gasteiger partial charge in [-0.3, -0.25) is 15.0 Å². The van der Waals surface area contributed by atoms with Crippen molar-refractivity contribution in [2.45, 2.75) is 13.3 Å². The van der Waals surface area contributed by atoms with Crippen LogP contribution in [0.3, 0.4) is 0 Å². The molecule has 0 radical (unpaired) electrons. The van der Waals surface area contributed by atoms with Gasteiger partial charge in [0.1, 0.15) is 12.4 Å². The summed E-state index contributed by atoms with van der Waals surface area (Å²) >= 11 is 6.22. The number of ether oxygens (including phenoxy) is 4. The number of benzene rings is 2. The molecule has 13 heteroatoms. The zero-order valence-electron chi connectivity index (χ0n) is 23.8. The predicted molar refractivity (Wildman–Crippen MR) is 161 cm³/mol. The highest BCUT2D eigenvalue weighted by molar-refractivity contribution is 6.31. The van der Waals surface area contributed by atoms with Gasteiger partial charge in [0.15, 0.2) is 17.3 Å². The molecule has 0 unspecified atom stereocenters. The summed E-state index contributed by atoms with van der Waals surface area (Å²) in [6.07, 6.45) is 0.323. The number of hydrogen-bond donors (Lipinski definition) is 2. The summed E-state index contributed by atoms with van der Waals surface area (Å²) in [4.78, 5) is 39.2. The Kier molecular flexibility index (Phi) is 9.90. The molecule has 2 amide bonds. The normalized spacial score (nSPS) is 15.8. The molecule has 3 aromatic rings. The van der Waals surface area contributed by atoms with Crippen LogP contribution in [-0.4, -0.2) is 99.6 Å². The van der Waals surface area contributed by atoms with Gasteiger partial charge in [-0.05, 0) is 24.3 Å². The molecule has 3 heterocycles. The van der Waals surface area contributed by atoms with Gasteiger partial charge in [0.2, 0.25) is 5.95 Å². The average Bonchev–Trinajstić information content (AvgIpc) is 3.01. The highest BCUT2D eigenvalue weighted by Gasteiger charge is 2.21. The highest BCUT2D eigenvalue weighted by atomic mass is 35.5. The highest BCUT2D eigenvalue weighted by Crippen LogP contribution is 2.35. The maximum atomic E-state index is 13.2. The molecular formula is C29H35ClN6O6. The number of morpholine rings is 2. The van der Waals surface area contributed by atoms with Crippen LogP contribution in [0.5, 0.6) is 11.5 Å². The number of fused-ring (bicyclic) bond motifs is 1. The van der Waals surface area contributed by atoms with Crippen LogP contribution in [-0.2, 0) is 9.47 Å². The Morgan fingerprint density at radius 2 is 1.69 bits per heavy atom. The maximum Gasteiger partial charge on any atom is 0.324 e. The van der Waals surface area contributed by atoms with Gasteiger partial charge in [-0.25, -0.2) is 9.78 Å². The molecule has 0 atom stereocenters. The van der Waals surface area contributed by atoms with Gasteiger partial charge in [-0.2, -0.15) is 4.98 Å². The SMILES string of the molecule is CCC(=O)c1cc(Cl)cc(NC(=O)Nc2nc(N3CCOCC3)nc3cc(OC)c(OCCN4CCOCC4)cc23)c1. The van der Waals surface area contributed by atoms with E-state index in [9.17, 15) is 9.59 Å². The van der Waals surface area contributed by atoms with E-state index in [1.165, 1.54) is 0 Å². The number of nitrogens with one attached hydrogen (secondary N) is 2. The van der Waals surface area contributed by atoms with Gasteiger partial charge in [0.25, 0.3) is 0 Å². The Labute approximate surface area is 249 Å². The number of rotatable bonds is 10. The van der Waals surface area contributed by atoms with Crippen molar-refractivity contribution in [1.29, 1.82) is 0 Å². The van der Waals surface area contributed by atoms with E-state index in [0.717, 1.165) is 19.6 Å². The average molecular weight is 599 g/mol. The van der Waals surface area contributed by atoms with Crippen LogP contribution in [0.25, 0.3) is 10.9 Å². The molecule has 2 aliphatic rings. The van der Waals surface area contributed by atoms with E-state index in [2.05, 4.69) is 15.5 Å². The fraction of sp³-hybridized carbons (Fsp3) is 0.448. The summed E-state index contributed by atoms with van der Waals surface area (Å²) in [5.41, 5.74) is 1.39.